The van der Waals surface area contributed by atoms with Gasteiger partial charge in [0, 0.05) is 0 Å². The summed E-state index contributed by atoms with van der Waals surface area (Å²) in [6.07, 6.45) is 9.81. The average Bonchev–Trinajstić information content (AvgIpc) is 2.76. The standard InChI is InChI=1S/C20H28O.C6H12O6/c1-16(8-6-9-17(2)13-15-21)11-12-19-18(3)10-7-14-20(19,4)5;7-1-3(9)5(11)6(12)4(10)2-8/h6,8-9,11-13,15H,7,10,14H2,1-5H3;1,3-6,8-12H,2H2/b9-6+,12-11+,16-8+,17-13+;/t;3-,4+,5+,6+/m.0/s1. The van der Waals surface area contributed by atoms with Crippen molar-refractivity contribution in [2.45, 2.75) is 78.3 Å². The van der Waals surface area contributed by atoms with Crippen molar-refractivity contribution < 1.29 is 35.1 Å². The minimum Gasteiger partial charge on any atom is -0.394 e. The van der Waals surface area contributed by atoms with Gasteiger partial charge < -0.3 is 30.3 Å². The summed E-state index contributed by atoms with van der Waals surface area (Å²) in [5, 5.41) is 43.5. The van der Waals surface area contributed by atoms with Crippen LogP contribution in [0.25, 0.3) is 0 Å². The van der Waals surface area contributed by atoms with Crippen LogP contribution in [0, 0.1) is 5.41 Å². The van der Waals surface area contributed by atoms with Crippen LogP contribution in [0.5, 0.6) is 0 Å². The van der Waals surface area contributed by atoms with Crippen LogP contribution < -0.4 is 0 Å². The highest BCUT2D eigenvalue weighted by atomic mass is 16.4. The van der Waals surface area contributed by atoms with Gasteiger partial charge in [-0.25, -0.2) is 0 Å². The Morgan fingerprint density at radius 3 is 2.12 bits per heavy atom. The molecule has 0 fully saturated rings. The lowest BCUT2D eigenvalue weighted by molar-refractivity contribution is -0.136. The monoisotopic (exact) mass is 464 g/mol. The predicted molar refractivity (Wildman–Crippen MR) is 129 cm³/mol. The van der Waals surface area contributed by atoms with E-state index >= 15 is 0 Å². The molecule has 0 aromatic rings. The largest absolute Gasteiger partial charge is 0.394 e. The number of hydrogen-bond donors (Lipinski definition) is 5. The van der Waals surface area contributed by atoms with E-state index in [9.17, 15) is 9.59 Å². The maximum atomic E-state index is 10.3. The van der Waals surface area contributed by atoms with E-state index < -0.39 is 31.0 Å². The first kappa shape index (κ1) is 30.8. The first-order valence-corrected chi connectivity index (χ1v) is 11.0. The molecule has 0 saturated heterocycles. The lowest BCUT2D eigenvalue weighted by Crippen LogP contribution is -2.46. The second-order valence-electron chi connectivity index (χ2n) is 8.94. The zero-order chi connectivity index (χ0) is 25.6. The minimum atomic E-state index is -1.79. The van der Waals surface area contributed by atoms with E-state index in [-0.39, 0.29) is 11.7 Å². The van der Waals surface area contributed by atoms with Crippen LogP contribution in [0.4, 0.5) is 0 Å². The fourth-order valence-corrected chi connectivity index (χ4v) is 3.41. The van der Waals surface area contributed by atoms with E-state index in [1.54, 1.807) is 6.08 Å². The second kappa shape index (κ2) is 15.6. The number of carbonyl (C=O) groups excluding carboxylic acids is 2. The topological polar surface area (TPSA) is 135 Å². The number of aliphatic hydroxyl groups excluding tert-OH is 5. The minimum absolute atomic E-state index is 0.0258. The van der Waals surface area contributed by atoms with Crippen molar-refractivity contribution >= 4 is 12.6 Å². The molecule has 0 amide bonds. The molecule has 0 bridgehead atoms. The van der Waals surface area contributed by atoms with Crippen molar-refractivity contribution in [3.8, 4) is 0 Å². The van der Waals surface area contributed by atoms with Gasteiger partial charge in [-0.15, -0.1) is 0 Å². The Morgan fingerprint density at radius 2 is 1.61 bits per heavy atom. The summed E-state index contributed by atoms with van der Waals surface area (Å²) in [4.78, 5) is 20.2. The van der Waals surface area contributed by atoms with Crippen molar-refractivity contribution in [3.05, 3.63) is 58.7 Å². The summed E-state index contributed by atoms with van der Waals surface area (Å²) >= 11 is 0. The molecule has 0 unspecified atom stereocenters. The fraction of sp³-hybridized carbons (Fsp3) is 0.538. The Hall–Kier alpha value is -2.16. The van der Waals surface area contributed by atoms with Crippen LogP contribution in [0.2, 0.25) is 0 Å². The van der Waals surface area contributed by atoms with Crippen molar-refractivity contribution in [3.63, 3.8) is 0 Å². The van der Waals surface area contributed by atoms with Gasteiger partial charge in [-0.2, -0.15) is 0 Å². The Labute approximate surface area is 197 Å². The molecular weight excluding hydrogens is 424 g/mol. The van der Waals surface area contributed by atoms with Crippen LogP contribution in [-0.4, -0.2) is 69.1 Å². The Morgan fingerprint density at radius 1 is 1.00 bits per heavy atom. The van der Waals surface area contributed by atoms with Crippen LogP contribution in [0.1, 0.15) is 53.9 Å². The number of allylic oxidation sites excluding steroid dienone is 10. The summed E-state index contributed by atoms with van der Waals surface area (Å²) in [5.74, 6) is 0. The van der Waals surface area contributed by atoms with Gasteiger partial charge in [0.05, 0.1) is 6.61 Å². The average molecular weight is 465 g/mol. The van der Waals surface area contributed by atoms with E-state index in [0.717, 1.165) is 11.9 Å². The molecule has 0 radical (unpaired) electrons. The Balaban J connectivity index is 0.000000728. The molecular formula is C26H40O7. The third-order valence-electron chi connectivity index (χ3n) is 5.53. The molecule has 1 aliphatic rings. The SMILES string of the molecule is CC1=C(/C=C/C(C)=C/C=C/C(C)=C/C=O)C(C)(C)CCC1.O=C[C@H](O)[C@@H](O)[C@H](O)[C@H](O)CO. The molecule has 7 nitrogen and oxygen atoms in total. The zero-order valence-electron chi connectivity index (χ0n) is 20.3. The van der Waals surface area contributed by atoms with E-state index in [1.165, 1.54) is 36.0 Å². The fourth-order valence-electron chi connectivity index (χ4n) is 3.41. The van der Waals surface area contributed by atoms with Gasteiger partial charge in [0.1, 0.15) is 30.7 Å². The summed E-state index contributed by atoms with van der Waals surface area (Å²) < 4.78 is 0. The van der Waals surface area contributed by atoms with Crippen LogP contribution in [0.15, 0.2) is 58.7 Å². The highest BCUT2D eigenvalue weighted by Gasteiger charge is 2.29. The number of hydrogen-bond acceptors (Lipinski definition) is 7. The van der Waals surface area contributed by atoms with Gasteiger partial charge in [-0.3, -0.25) is 4.79 Å². The third-order valence-corrected chi connectivity index (χ3v) is 5.53. The number of carbonyl (C=O) groups is 2. The predicted octanol–water partition coefficient (Wildman–Crippen LogP) is 2.34. The van der Waals surface area contributed by atoms with Gasteiger partial charge in [0.15, 0.2) is 6.29 Å². The maximum absolute atomic E-state index is 10.3. The summed E-state index contributed by atoms with van der Waals surface area (Å²) in [6, 6.07) is 0. The molecule has 4 atom stereocenters. The summed E-state index contributed by atoms with van der Waals surface area (Å²) in [6.45, 7) is 10.2. The Bertz CT molecular complexity index is 772. The van der Waals surface area contributed by atoms with Crippen LogP contribution >= 0.6 is 0 Å². The van der Waals surface area contributed by atoms with E-state index in [2.05, 4.69) is 45.9 Å². The van der Waals surface area contributed by atoms with Crippen molar-refractivity contribution in [2.24, 2.45) is 5.41 Å². The molecule has 0 aromatic carbocycles. The second-order valence-corrected chi connectivity index (χ2v) is 8.94. The molecule has 186 valence electrons. The van der Waals surface area contributed by atoms with Gasteiger partial charge in [-0.05, 0) is 62.7 Å². The van der Waals surface area contributed by atoms with Crippen molar-refractivity contribution in [1.82, 2.24) is 0 Å². The molecule has 33 heavy (non-hydrogen) atoms. The van der Waals surface area contributed by atoms with Gasteiger partial charge in [-0.1, -0.05) is 55.4 Å². The highest BCUT2D eigenvalue weighted by Crippen LogP contribution is 2.40. The van der Waals surface area contributed by atoms with Crippen LogP contribution in [0.3, 0.4) is 0 Å². The molecule has 1 aliphatic carbocycles. The molecule has 0 aliphatic heterocycles. The van der Waals surface area contributed by atoms with Crippen LogP contribution in [-0.2, 0) is 9.59 Å². The summed E-state index contributed by atoms with van der Waals surface area (Å²) in [5.41, 5.74) is 5.48. The molecule has 7 heteroatoms. The summed E-state index contributed by atoms with van der Waals surface area (Å²) in [7, 11) is 0. The van der Waals surface area contributed by atoms with E-state index in [4.69, 9.17) is 25.5 Å². The first-order valence-electron chi connectivity index (χ1n) is 11.0. The van der Waals surface area contributed by atoms with Gasteiger partial charge >= 0.3 is 0 Å². The normalized spacial score (nSPS) is 20.8. The molecule has 1 rings (SSSR count). The smallest absolute Gasteiger partial charge is 0.151 e. The molecule has 0 heterocycles. The van der Waals surface area contributed by atoms with E-state index in [1.807, 2.05) is 19.1 Å². The number of aldehydes is 2. The Kier molecular flexibility index (Phi) is 14.6. The lowest BCUT2D eigenvalue weighted by Gasteiger charge is -2.32. The van der Waals surface area contributed by atoms with Crippen molar-refractivity contribution in [1.29, 1.82) is 0 Å². The quantitative estimate of drug-likeness (QED) is 0.190. The number of rotatable bonds is 10. The number of aliphatic hydroxyl groups is 5. The highest BCUT2D eigenvalue weighted by molar-refractivity contribution is 5.67. The molecule has 5 N–H and O–H groups in total. The van der Waals surface area contributed by atoms with Crippen molar-refractivity contribution in [2.75, 3.05) is 6.61 Å². The third kappa shape index (κ3) is 11.5. The maximum Gasteiger partial charge on any atom is 0.151 e. The molecule has 0 aromatic heterocycles. The lowest BCUT2D eigenvalue weighted by atomic mass is 9.72. The first-order chi connectivity index (χ1) is 15.4. The molecule has 0 saturated carbocycles. The van der Waals surface area contributed by atoms with E-state index in [0.29, 0.717) is 0 Å². The van der Waals surface area contributed by atoms with Gasteiger partial charge in [0.25, 0.3) is 0 Å². The zero-order valence-corrected chi connectivity index (χ0v) is 20.3. The molecule has 0 spiro atoms. The van der Waals surface area contributed by atoms with Gasteiger partial charge in [0.2, 0.25) is 0 Å².